The Labute approximate surface area is 151 Å². The van der Waals surface area contributed by atoms with Crippen LogP contribution in [0.15, 0.2) is 42.5 Å². The second-order valence-electron chi connectivity index (χ2n) is 6.13. The van der Waals surface area contributed by atoms with Crippen LogP contribution in [0.3, 0.4) is 0 Å². The number of carbonyl (C=O) groups is 1. The zero-order valence-electron chi connectivity index (χ0n) is 14.0. The molecule has 0 spiro atoms. The molecule has 0 aliphatic rings. The van der Waals surface area contributed by atoms with Crippen molar-refractivity contribution in [3.8, 4) is 0 Å². The quantitative estimate of drug-likeness (QED) is 0.557. The van der Waals surface area contributed by atoms with Gasteiger partial charge in [-0.2, -0.15) is 0 Å². The molecule has 0 bridgehead atoms. The van der Waals surface area contributed by atoms with Gasteiger partial charge in [0, 0.05) is 15.8 Å². The molecule has 0 saturated carbocycles. The van der Waals surface area contributed by atoms with Crippen LogP contribution in [-0.2, 0) is 0 Å². The fraction of sp³-hybridized carbons (Fsp3) is 0.250. The van der Waals surface area contributed by atoms with Crippen molar-refractivity contribution < 1.29 is 4.79 Å². The molecule has 1 heterocycles. The van der Waals surface area contributed by atoms with Crippen molar-refractivity contribution in [3.05, 3.63) is 63.5 Å². The first kappa shape index (κ1) is 17.0. The van der Waals surface area contributed by atoms with Crippen LogP contribution in [-0.4, -0.2) is 5.91 Å². The van der Waals surface area contributed by atoms with Gasteiger partial charge in [0.05, 0.1) is 5.02 Å². The van der Waals surface area contributed by atoms with Crippen LogP contribution >= 0.6 is 22.9 Å². The Morgan fingerprint density at radius 1 is 1.21 bits per heavy atom. The molecule has 2 nitrogen and oxygen atoms in total. The van der Waals surface area contributed by atoms with Crippen LogP contribution in [0.2, 0.25) is 5.02 Å². The molecular formula is C20H20ClNOS. The summed E-state index contributed by atoms with van der Waals surface area (Å²) in [6.45, 7) is 6.41. The van der Waals surface area contributed by atoms with E-state index < -0.39 is 0 Å². The van der Waals surface area contributed by atoms with Gasteiger partial charge in [-0.3, -0.25) is 4.79 Å². The minimum Gasteiger partial charge on any atom is -0.321 e. The van der Waals surface area contributed by atoms with E-state index in [1.54, 1.807) is 0 Å². The Morgan fingerprint density at radius 3 is 2.58 bits per heavy atom. The third kappa shape index (κ3) is 3.33. The number of halogens is 1. The van der Waals surface area contributed by atoms with E-state index in [-0.39, 0.29) is 5.91 Å². The lowest BCUT2D eigenvalue weighted by Gasteiger charge is -2.10. The summed E-state index contributed by atoms with van der Waals surface area (Å²) in [4.78, 5) is 13.1. The summed E-state index contributed by atoms with van der Waals surface area (Å²) in [5, 5.41) is 4.41. The molecule has 3 rings (SSSR count). The Kier molecular flexibility index (Phi) is 4.93. The van der Waals surface area contributed by atoms with Crippen LogP contribution in [0.4, 0.5) is 5.69 Å². The molecule has 0 fully saturated rings. The van der Waals surface area contributed by atoms with Gasteiger partial charge in [0.1, 0.15) is 4.88 Å². The zero-order valence-corrected chi connectivity index (χ0v) is 15.6. The van der Waals surface area contributed by atoms with E-state index in [2.05, 4.69) is 37.4 Å². The van der Waals surface area contributed by atoms with Gasteiger partial charge in [-0.1, -0.05) is 49.7 Å². The van der Waals surface area contributed by atoms with Gasteiger partial charge in [-0.05, 0) is 48.6 Å². The third-order valence-electron chi connectivity index (χ3n) is 4.34. The van der Waals surface area contributed by atoms with Crippen LogP contribution in [0.1, 0.15) is 47.0 Å². The highest BCUT2D eigenvalue weighted by Crippen LogP contribution is 2.36. The molecule has 1 aromatic heterocycles. The highest BCUT2D eigenvalue weighted by atomic mass is 35.5. The lowest BCUT2D eigenvalue weighted by molar-refractivity contribution is 0.103. The minimum atomic E-state index is -0.157. The average molecular weight is 358 g/mol. The number of hydrogen-bond donors (Lipinski definition) is 1. The minimum absolute atomic E-state index is 0.157. The average Bonchev–Trinajstić information content (AvgIpc) is 2.91. The highest BCUT2D eigenvalue weighted by molar-refractivity contribution is 7.21. The van der Waals surface area contributed by atoms with Gasteiger partial charge in [0.2, 0.25) is 0 Å². The summed E-state index contributed by atoms with van der Waals surface area (Å²) in [6.07, 6.45) is 1.10. The Morgan fingerprint density at radius 2 is 1.92 bits per heavy atom. The largest absolute Gasteiger partial charge is 0.321 e. The Hall–Kier alpha value is -1.84. The maximum atomic E-state index is 12.6. The standard InChI is InChI=1S/C20H20ClNOS/c1-4-13(3)14-6-8-15(9-7-14)22-20(23)19-18(21)16-10-5-12(2)11-17(16)24-19/h5-11,13H,4H2,1-3H3,(H,22,23). The van der Waals surface area contributed by atoms with Crippen molar-refractivity contribution in [2.24, 2.45) is 0 Å². The zero-order chi connectivity index (χ0) is 17.3. The third-order valence-corrected chi connectivity index (χ3v) is 6.00. The van der Waals surface area contributed by atoms with Gasteiger partial charge in [-0.25, -0.2) is 0 Å². The molecule has 1 N–H and O–H groups in total. The van der Waals surface area contributed by atoms with Gasteiger partial charge >= 0.3 is 0 Å². The number of fused-ring (bicyclic) bond motifs is 1. The van der Waals surface area contributed by atoms with Crippen LogP contribution in [0.5, 0.6) is 0 Å². The molecule has 2 aromatic carbocycles. The summed E-state index contributed by atoms with van der Waals surface area (Å²) in [5.74, 6) is 0.366. The maximum Gasteiger partial charge on any atom is 0.267 e. The first-order chi connectivity index (χ1) is 11.5. The van der Waals surface area contributed by atoms with Gasteiger partial charge in [0.25, 0.3) is 5.91 Å². The second kappa shape index (κ2) is 6.96. The smallest absolute Gasteiger partial charge is 0.267 e. The van der Waals surface area contributed by atoms with E-state index in [1.807, 2.05) is 31.2 Å². The second-order valence-corrected chi connectivity index (χ2v) is 7.56. The fourth-order valence-corrected chi connectivity index (χ4v) is 4.15. The summed E-state index contributed by atoms with van der Waals surface area (Å²) in [5.41, 5.74) is 3.23. The number of anilines is 1. The molecule has 124 valence electrons. The predicted molar refractivity (Wildman–Crippen MR) is 105 cm³/mol. The van der Waals surface area contributed by atoms with Crippen LogP contribution in [0, 0.1) is 6.92 Å². The molecule has 0 saturated heterocycles. The summed E-state index contributed by atoms with van der Waals surface area (Å²) in [7, 11) is 0. The molecular weight excluding hydrogens is 338 g/mol. The highest BCUT2D eigenvalue weighted by Gasteiger charge is 2.17. The van der Waals surface area contributed by atoms with Crippen molar-refractivity contribution >= 4 is 44.6 Å². The number of hydrogen-bond acceptors (Lipinski definition) is 2. The number of carbonyl (C=O) groups excluding carboxylic acids is 1. The van der Waals surface area contributed by atoms with Gasteiger partial charge < -0.3 is 5.32 Å². The van der Waals surface area contributed by atoms with Crippen molar-refractivity contribution in [1.82, 2.24) is 0 Å². The molecule has 3 aromatic rings. The predicted octanol–water partition coefficient (Wildman–Crippen LogP) is 6.63. The first-order valence-electron chi connectivity index (χ1n) is 8.09. The molecule has 0 radical (unpaired) electrons. The number of benzene rings is 2. The van der Waals surface area contributed by atoms with Crippen molar-refractivity contribution in [1.29, 1.82) is 0 Å². The van der Waals surface area contributed by atoms with E-state index in [0.29, 0.717) is 15.8 Å². The molecule has 1 unspecified atom stereocenters. The molecule has 24 heavy (non-hydrogen) atoms. The number of thiophene rings is 1. The molecule has 1 atom stereocenters. The Bertz CT molecular complexity index is 883. The molecule has 0 aliphatic carbocycles. The van der Waals surface area contributed by atoms with E-state index in [0.717, 1.165) is 27.8 Å². The van der Waals surface area contributed by atoms with E-state index in [4.69, 9.17) is 11.6 Å². The maximum absolute atomic E-state index is 12.6. The SMILES string of the molecule is CCC(C)c1ccc(NC(=O)c2sc3cc(C)ccc3c2Cl)cc1. The van der Waals surface area contributed by atoms with E-state index in [1.165, 1.54) is 16.9 Å². The van der Waals surface area contributed by atoms with Crippen molar-refractivity contribution in [2.75, 3.05) is 5.32 Å². The number of nitrogens with one attached hydrogen (secondary N) is 1. The number of amides is 1. The van der Waals surface area contributed by atoms with E-state index in [9.17, 15) is 4.79 Å². The topological polar surface area (TPSA) is 29.1 Å². The van der Waals surface area contributed by atoms with Crippen molar-refractivity contribution in [3.63, 3.8) is 0 Å². The summed E-state index contributed by atoms with van der Waals surface area (Å²) < 4.78 is 1.04. The van der Waals surface area contributed by atoms with Crippen LogP contribution < -0.4 is 5.32 Å². The van der Waals surface area contributed by atoms with Crippen molar-refractivity contribution in [2.45, 2.75) is 33.1 Å². The first-order valence-corrected chi connectivity index (χ1v) is 9.29. The summed E-state index contributed by atoms with van der Waals surface area (Å²) in [6, 6.07) is 14.1. The molecule has 0 aliphatic heterocycles. The Balaban J connectivity index is 1.83. The fourth-order valence-electron chi connectivity index (χ4n) is 2.64. The number of rotatable bonds is 4. The monoisotopic (exact) mass is 357 g/mol. The normalized spacial score (nSPS) is 12.3. The summed E-state index contributed by atoms with van der Waals surface area (Å²) >= 11 is 7.84. The number of aryl methyl sites for hydroxylation is 1. The van der Waals surface area contributed by atoms with Gasteiger partial charge in [0.15, 0.2) is 0 Å². The molecule has 4 heteroatoms. The lowest BCUT2D eigenvalue weighted by Crippen LogP contribution is -2.10. The van der Waals surface area contributed by atoms with Gasteiger partial charge in [-0.15, -0.1) is 11.3 Å². The van der Waals surface area contributed by atoms with Crippen LogP contribution in [0.25, 0.3) is 10.1 Å². The molecule has 1 amide bonds. The van der Waals surface area contributed by atoms with E-state index >= 15 is 0 Å². The lowest BCUT2D eigenvalue weighted by atomic mass is 9.99.